The highest BCUT2D eigenvalue weighted by Gasteiger charge is 2.60. The van der Waals surface area contributed by atoms with Crippen molar-refractivity contribution in [1.29, 1.82) is 0 Å². The van der Waals surface area contributed by atoms with Crippen molar-refractivity contribution in [2.75, 3.05) is 5.75 Å². The molecule has 0 aliphatic heterocycles. The van der Waals surface area contributed by atoms with E-state index in [0.717, 1.165) is 54.1 Å². The number of hydrogen-bond acceptors (Lipinski definition) is 4. The molecular weight excluding hydrogens is 530 g/mol. The summed E-state index contributed by atoms with van der Waals surface area (Å²) in [4.78, 5) is 0.548. The second kappa shape index (κ2) is 13.5. The maximum atomic E-state index is 13.0. The van der Waals surface area contributed by atoms with Gasteiger partial charge in [-0.3, -0.25) is 0 Å². The van der Waals surface area contributed by atoms with Gasteiger partial charge in [-0.2, -0.15) is 26.3 Å². The number of benzene rings is 2. The molecule has 1 unspecified atom stereocenters. The van der Waals surface area contributed by atoms with Crippen molar-refractivity contribution in [3.05, 3.63) is 64.2 Å². The summed E-state index contributed by atoms with van der Waals surface area (Å²) in [7, 11) is 0. The second-order valence-electron chi connectivity index (χ2n) is 9.52. The van der Waals surface area contributed by atoms with Crippen molar-refractivity contribution in [1.82, 2.24) is 0 Å². The molecule has 38 heavy (non-hydrogen) atoms. The fourth-order valence-electron chi connectivity index (χ4n) is 4.90. The maximum Gasteiger partial charge on any atom is 0.403 e. The van der Waals surface area contributed by atoms with E-state index >= 15 is 0 Å². The quantitative estimate of drug-likeness (QED) is 0.179. The predicted octanol–water partition coefficient (Wildman–Crippen LogP) is 7.12. The van der Waals surface area contributed by atoms with Crippen LogP contribution in [0.4, 0.5) is 26.3 Å². The zero-order valence-electron chi connectivity index (χ0n) is 21.8. The molecule has 0 heterocycles. The first-order valence-corrected chi connectivity index (χ1v) is 13.6. The molecule has 2 aromatic carbocycles. The lowest BCUT2D eigenvalue weighted by atomic mass is 9.71. The molecule has 3 nitrogen and oxygen atoms in total. The highest BCUT2D eigenvalue weighted by atomic mass is 32.2. The third-order valence-electron chi connectivity index (χ3n) is 7.41. The Labute approximate surface area is 224 Å². The van der Waals surface area contributed by atoms with Crippen LogP contribution in [0.2, 0.25) is 0 Å². The van der Waals surface area contributed by atoms with Gasteiger partial charge in [0.15, 0.2) is 5.92 Å². The Morgan fingerprint density at radius 2 is 1.39 bits per heavy atom. The first-order valence-electron chi connectivity index (χ1n) is 12.7. The van der Waals surface area contributed by atoms with Crippen LogP contribution in [0, 0.1) is 5.92 Å². The Morgan fingerprint density at radius 3 is 1.89 bits per heavy atom. The SMILES string of the molecule is CCc1cc(C(CC)(CC)CCc2ccc(CO)c(CO)c2)ccc1SCC(O)C(C(F)(F)F)C(F)(F)F. The smallest absolute Gasteiger partial charge is 0.392 e. The molecule has 0 spiro atoms. The normalized spacial score (nSPS) is 13.8. The minimum Gasteiger partial charge on any atom is -0.392 e. The van der Waals surface area contributed by atoms with E-state index in [-0.39, 0.29) is 18.6 Å². The van der Waals surface area contributed by atoms with Gasteiger partial charge in [0.25, 0.3) is 0 Å². The number of aryl methyl sites for hydroxylation is 2. The van der Waals surface area contributed by atoms with Crippen LogP contribution in [-0.4, -0.2) is 39.5 Å². The molecular formula is C28H36F6O3S. The van der Waals surface area contributed by atoms with Gasteiger partial charge in [0.2, 0.25) is 0 Å². The summed E-state index contributed by atoms with van der Waals surface area (Å²) in [6, 6.07) is 11.2. The fraction of sp³-hybridized carbons (Fsp3) is 0.571. The van der Waals surface area contributed by atoms with Crippen LogP contribution in [0.3, 0.4) is 0 Å². The molecule has 0 aliphatic rings. The van der Waals surface area contributed by atoms with Crippen LogP contribution >= 0.6 is 11.8 Å². The average molecular weight is 567 g/mol. The third-order valence-corrected chi connectivity index (χ3v) is 8.63. The molecule has 2 aromatic rings. The molecule has 0 aliphatic carbocycles. The van der Waals surface area contributed by atoms with Gasteiger partial charge in [-0.25, -0.2) is 0 Å². The van der Waals surface area contributed by atoms with E-state index in [2.05, 4.69) is 13.8 Å². The van der Waals surface area contributed by atoms with Crippen molar-refractivity contribution in [2.45, 2.75) is 94.9 Å². The van der Waals surface area contributed by atoms with Crippen LogP contribution in [-0.2, 0) is 31.5 Å². The zero-order valence-corrected chi connectivity index (χ0v) is 22.6. The summed E-state index contributed by atoms with van der Waals surface area (Å²) in [5.41, 5.74) is 4.02. The summed E-state index contributed by atoms with van der Waals surface area (Å²) < 4.78 is 77.8. The number of thioether (sulfide) groups is 1. The lowest BCUT2D eigenvalue weighted by molar-refractivity contribution is -0.303. The van der Waals surface area contributed by atoms with Gasteiger partial charge in [-0.1, -0.05) is 51.1 Å². The highest BCUT2D eigenvalue weighted by Crippen LogP contribution is 2.43. The Morgan fingerprint density at radius 1 is 0.789 bits per heavy atom. The van der Waals surface area contributed by atoms with Gasteiger partial charge in [0, 0.05) is 10.6 Å². The van der Waals surface area contributed by atoms with E-state index in [1.54, 1.807) is 12.1 Å². The largest absolute Gasteiger partial charge is 0.403 e. The van der Waals surface area contributed by atoms with E-state index in [0.29, 0.717) is 22.4 Å². The zero-order chi connectivity index (χ0) is 28.7. The number of rotatable bonds is 13. The molecule has 0 saturated heterocycles. The molecule has 0 fully saturated rings. The summed E-state index contributed by atoms with van der Waals surface area (Å²) in [5.74, 6) is -4.53. The second-order valence-corrected chi connectivity index (χ2v) is 10.6. The van der Waals surface area contributed by atoms with E-state index < -0.39 is 30.1 Å². The Balaban J connectivity index is 2.26. The first-order chi connectivity index (χ1) is 17.8. The Kier molecular flexibility index (Phi) is 11.6. The third kappa shape index (κ3) is 7.90. The molecule has 0 aromatic heterocycles. The Bertz CT molecular complexity index is 1020. The molecule has 2 rings (SSSR count). The molecule has 214 valence electrons. The van der Waals surface area contributed by atoms with Gasteiger partial charge < -0.3 is 15.3 Å². The molecule has 1 atom stereocenters. The molecule has 0 saturated carbocycles. The van der Waals surface area contributed by atoms with E-state index in [1.165, 1.54) is 0 Å². The topological polar surface area (TPSA) is 60.7 Å². The summed E-state index contributed by atoms with van der Waals surface area (Å²) in [6.45, 7) is 5.70. The van der Waals surface area contributed by atoms with Crippen molar-refractivity contribution in [3.63, 3.8) is 0 Å². The number of hydrogen-bond donors (Lipinski definition) is 3. The average Bonchev–Trinajstić information content (AvgIpc) is 2.86. The lowest BCUT2D eigenvalue weighted by Gasteiger charge is -2.33. The van der Waals surface area contributed by atoms with Gasteiger partial charge in [-0.15, -0.1) is 11.8 Å². The number of alkyl halides is 6. The predicted molar refractivity (Wildman–Crippen MR) is 137 cm³/mol. The van der Waals surface area contributed by atoms with Gasteiger partial charge in [-0.05, 0) is 71.4 Å². The Hall–Kier alpha value is -1.75. The molecule has 0 radical (unpaired) electrons. The van der Waals surface area contributed by atoms with Gasteiger partial charge in [0.05, 0.1) is 19.3 Å². The fourth-order valence-corrected chi connectivity index (χ4v) is 5.99. The van der Waals surface area contributed by atoms with E-state index in [9.17, 15) is 41.7 Å². The summed E-state index contributed by atoms with van der Waals surface area (Å²) in [5, 5.41) is 28.9. The van der Waals surface area contributed by atoms with Gasteiger partial charge >= 0.3 is 12.4 Å². The maximum absolute atomic E-state index is 13.0. The van der Waals surface area contributed by atoms with Crippen LogP contribution in [0.1, 0.15) is 67.9 Å². The first kappa shape index (κ1) is 32.5. The van der Waals surface area contributed by atoms with E-state index in [4.69, 9.17) is 0 Å². The number of aliphatic hydroxyl groups excluding tert-OH is 3. The molecule has 10 heteroatoms. The highest BCUT2D eigenvalue weighted by molar-refractivity contribution is 7.99. The van der Waals surface area contributed by atoms with Crippen LogP contribution in [0.25, 0.3) is 0 Å². The standard InChI is InChI=1S/C28H36F6O3S/c1-4-19-14-22(9-10-24(19)38-17-23(37)25(27(29,30)31)28(32,33)34)26(5-2,6-3)12-11-18-7-8-20(15-35)21(13-18)16-36/h7-10,13-14,23,25,35-37H,4-6,11-12,15-17H2,1-3H3. The van der Waals surface area contributed by atoms with Crippen molar-refractivity contribution in [3.8, 4) is 0 Å². The molecule has 3 N–H and O–H groups in total. The lowest BCUT2D eigenvalue weighted by Crippen LogP contribution is -2.45. The molecule has 0 amide bonds. The molecule has 0 bridgehead atoms. The summed E-state index contributed by atoms with van der Waals surface area (Å²) >= 11 is 0.798. The monoisotopic (exact) mass is 566 g/mol. The van der Waals surface area contributed by atoms with Crippen LogP contribution in [0.15, 0.2) is 41.3 Å². The number of halogens is 6. The van der Waals surface area contributed by atoms with Gasteiger partial charge in [0.1, 0.15) is 0 Å². The van der Waals surface area contributed by atoms with Crippen LogP contribution < -0.4 is 0 Å². The van der Waals surface area contributed by atoms with Crippen molar-refractivity contribution in [2.24, 2.45) is 5.92 Å². The van der Waals surface area contributed by atoms with E-state index in [1.807, 2.05) is 31.2 Å². The summed E-state index contributed by atoms with van der Waals surface area (Å²) in [6.07, 6.45) is -10.1. The number of aliphatic hydroxyl groups is 3. The van der Waals surface area contributed by atoms with Crippen LogP contribution in [0.5, 0.6) is 0 Å². The minimum absolute atomic E-state index is 0.154. The van der Waals surface area contributed by atoms with Crippen molar-refractivity contribution < 1.29 is 41.7 Å². The minimum atomic E-state index is -5.59. The van der Waals surface area contributed by atoms with Crippen molar-refractivity contribution >= 4 is 11.8 Å².